The van der Waals surface area contributed by atoms with E-state index in [1.165, 1.54) is 18.0 Å². The molecule has 33 heavy (non-hydrogen) atoms. The van der Waals surface area contributed by atoms with E-state index in [9.17, 15) is 9.59 Å². The Hall–Kier alpha value is -4.27. The molecule has 0 fully saturated rings. The monoisotopic (exact) mass is 448 g/mol. The van der Waals surface area contributed by atoms with Crippen LogP contribution in [0.5, 0.6) is 17.2 Å². The third kappa shape index (κ3) is 4.25. The molecule has 9 nitrogen and oxygen atoms in total. The Bertz CT molecular complexity index is 1390. The molecule has 0 bridgehead atoms. The second kappa shape index (κ2) is 9.07. The number of amides is 1. The number of carbonyl (C=O) groups is 1. The third-order valence-corrected chi connectivity index (χ3v) is 5.32. The van der Waals surface area contributed by atoms with Gasteiger partial charge in [0, 0.05) is 24.9 Å². The van der Waals surface area contributed by atoms with Crippen LogP contribution in [0.3, 0.4) is 0 Å². The molecule has 0 spiro atoms. The minimum absolute atomic E-state index is 0.198. The molecule has 2 aromatic carbocycles. The number of nitrogens with zero attached hydrogens (tertiary/aromatic N) is 3. The highest BCUT2D eigenvalue weighted by molar-refractivity contribution is 5.94. The van der Waals surface area contributed by atoms with Gasteiger partial charge in [0.2, 0.25) is 5.91 Å². The molecule has 4 aromatic rings. The van der Waals surface area contributed by atoms with Gasteiger partial charge in [0.1, 0.15) is 34.8 Å². The van der Waals surface area contributed by atoms with Crippen LogP contribution in [0.1, 0.15) is 0 Å². The number of methoxy groups -OCH3 is 3. The first-order chi connectivity index (χ1) is 15.9. The first-order valence-corrected chi connectivity index (χ1v) is 10.2. The lowest BCUT2D eigenvalue weighted by Gasteiger charge is -2.12. The summed E-state index contributed by atoms with van der Waals surface area (Å²) >= 11 is 0. The molecule has 170 valence electrons. The lowest BCUT2D eigenvalue weighted by Crippen LogP contribution is -2.28. The number of nitrogens with one attached hydrogen (secondary N) is 1. The van der Waals surface area contributed by atoms with Gasteiger partial charge in [0.25, 0.3) is 5.56 Å². The van der Waals surface area contributed by atoms with E-state index in [0.717, 1.165) is 11.1 Å². The number of rotatable bonds is 7. The van der Waals surface area contributed by atoms with Crippen molar-refractivity contribution in [1.29, 1.82) is 0 Å². The quantitative estimate of drug-likeness (QED) is 0.467. The summed E-state index contributed by atoms with van der Waals surface area (Å²) in [4.78, 5) is 30.3. The minimum atomic E-state index is -0.385. The van der Waals surface area contributed by atoms with Crippen LogP contribution < -0.4 is 25.1 Å². The molecule has 0 aliphatic carbocycles. The molecule has 2 heterocycles. The van der Waals surface area contributed by atoms with Gasteiger partial charge >= 0.3 is 0 Å². The second-order valence-corrected chi connectivity index (χ2v) is 7.37. The summed E-state index contributed by atoms with van der Waals surface area (Å²) in [5.74, 6) is 1.38. The second-order valence-electron chi connectivity index (χ2n) is 7.37. The normalized spacial score (nSPS) is 10.8. The number of ether oxygens (including phenoxy) is 3. The average molecular weight is 448 g/mol. The van der Waals surface area contributed by atoms with Crippen LogP contribution >= 0.6 is 0 Å². The van der Waals surface area contributed by atoms with Crippen molar-refractivity contribution in [3.05, 3.63) is 65.3 Å². The number of anilines is 1. The summed E-state index contributed by atoms with van der Waals surface area (Å²) in [5.41, 5.74) is 2.82. The molecule has 0 aliphatic rings. The molecule has 0 aliphatic heterocycles. The summed E-state index contributed by atoms with van der Waals surface area (Å²) in [6.07, 6.45) is 3.24. The SMILES string of the molecule is COc1cccc(-c2cn(C)c3c(=O)n(CC(=O)Nc4ccc(OC)cc4OC)cnc23)c1. The van der Waals surface area contributed by atoms with Gasteiger partial charge in [-0.2, -0.15) is 0 Å². The number of carbonyl (C=O) groups excluding carboxylic acids is 1. The van der Waals surface area contributed by atoms with Crippen molar-refractivity contribution in [2.45, 2.75) is 6.54 Å². The Labute approximate surface area is 190 Å². The molecule has 9 heteroatoms. The van der Waals surface area contributed by atoms with E-state index in [0.29, 0.717) is 34.0 Å². The lowest BCUT2D eigenvalue weighted by atomic mass is 10.1. The maximum Gasteiger partial charge on any atom is 0.278 e. The molecule has 4 rings (SSSR count). The van der Waals surface area contributed by atoms with Gasteiger partial charge in [-0.1, -0.05) is 12.1 Å². The van der Waals surface area contributed by atoms with E-state index < -0.39 is 0 Å². The number of hydrogen-bond acceptors (Lipinski definition) is 6. The summed E-state index contributed by atoms with van der Waals surface area (Å²) in [5, 5.41) is 2.77. The summed E-state index contributed by atoms with van der Waals surface area (Å²) in [7, 11) is 6.43. The van der Waals surface area contributed by atoms with Gasteiger partial charge in [-0.15, -0.1) is 0 Å². The molecule has 1 amide bonds. The third-order valence-electron chi connectivity index (χ3n) is 5.32. The summed E-state index contributed by atoms with van der Waals surface area (Å²) in [6.45, 7) is -0.198. The lowest BCUT2D eigenvalue weighted by molar-refractivity contribution is -0.116. The van der Waals surface area contributed by atoms with Crippen molar-refractivity contribution in [3.63, 3.8) is 0 Å². The Kier molecular flexibility index (Phi) is 6.03. The molecular formula is C24H24N4O5. The van der Waals surface area contributed by atoms with Gasteiger partial charge < -0.3 is 24.1 Å². The predicted molar refractivity (Wildman–Crippen MR) is 125 cm³/mol. The van der Waals surface area contributed by atoms with Crippen molar-refractivity contribution in [2.24, 2.45) is 7.05 Å². The summed E-state index contributed by atoms with van der Waals surface area (Å²) in [6, 6.07) is 12.6. The van der Waals surface area contributed by atoms with Crippen molar-refractivity contribution in [3.8, 4) is 28.4 Å². The minimum Gasteiger partial charge on any atom is -0.497 e. The van der Waals surface area contributed by atoms with E-state index in [2.05, 4.69) is 10.3 Å². The van der Waals surface area contributed by atoms with Crippen LogP contribution in [-0.2, 0) is 18.4 Å². The fourth-order valence-corrected chi connectivity index (χ4v) is 3.67. The van der Waals surface area contributed by atoms with Gasteiger partial charge in [-0.25, -0.2) is 4.98 Å². The molecular weight excluding hydrogens is 424 g/mol. The number of fused-ring (bicyclic) bond motifs is 1. The number of hydrogen-bond donors (Lipinski definition) is 1. The van der Waals surface area contributed by atoms with Crippen LogP contribution in [-0.4, -0.2) is 41.4 Å². The first-order valence-electron chi connectivity index (χ1n) is 10.2. The van der Waals surface area contributed by atoms with E-state index in [1.807, 2.05) is 30.5 Å². The zero-order valence-electron chi connectivity index (χ0n) is 18.8. The highest BCUT2D eigenvalue weighted by Gasteiger charge is 2.17. The van der Waals surface area contributed by atoms with Crippen LogP contribution in [0, 0.1) is 0 Å². The number of benzene rings is 2. The molecule has 0 atom stereocenters. The van der Waals surface area contributed by atoms with Crippen molar-refractivity contribution < 1.29 is 19.0 Å². The predicted octanol–water partition coefficient (Wildman–Crippen LogP) is 3.07. The molecule has 0 unspecified atom stereocenters. The maximum atomic E-state index is 13.2. The highest BCUT2D eigenvalue weighted by atomic mass is 16.5. The van der Waals surface area contributed by atoms with Gasteiger partial charge in [0.15, 0.2) is 0 Å². The van der Waals surface area contributed by atoms with Gasteiger partial charge in [-0.3, -0.25) is 14.2 Å². The zero-order chi connectivity index (χ0) is 23.5. The maximum absolute atomic E-state index is 13.2. The van der Waals surface area contributed by atoms with E-state index >= 15 is 0 Å². The smallest absolute Gasteiger partial charge is 0.278 e. The van der Waals surface area contributed by atoms with Gasteiger partial charge in [-0.05, 0) is 29.8 Å². The molecule has 1 N–H and O–H groups in total. The van der Waals surface area contributed by atoms with E-state index in [4.69, 9.17) is 14.2 Å². The Morgan fingerprint density at radius 1 is 1.03 bits per heavy atom. The molecule has 2 aromatic heterocycles. The van der Waals surface area contributed by atoms with E-state index in [1.54, 1.807) is 44.0 Å². The Balaban J connectivity index is 1.63. The zero-order valence-corrected chi connectivity index (χ0v) is 18.8. The largest absolute Gasteiger partial charge is 0.497 e. The van der Waals surface area contributed by atoms with Crippen molar-refractivity contribution in [2.75, 3.05) is 26.6 Å². The van der Waals surface area contributed by atoms with Crippen LogP contribution in [0.25, 0.3) is 22.2 Å². The average Bonchev–Trinajstić information content (AvgIpc) is 3.18. The van der Waals surface area contributed by atoms with Crippen LogP contribution in [0.2, 0.25) is 0 Å². The molecule has 0 radical (unpaired) electrons. The fraction of sp³-hybridized carbons (Fsp3) is 0.208. The van der Waals surface area contributed by atoms with Crippen molar-refractivity contribution in [1.82, 2.24) is 14.1 Å². The summed E-state index contributed by atoms with van der Waals surface area (Å²) < 4.78 is 18.8. The van der Waals surface area contributed by atoms with E-state index in [-0.39, 0.29) is 18.0 Å². The van der Waals surface area contributed by atoms with Gasteiger partial charge in [0.05, 0.1) is 33.3 Å². The number of aromatic nitrogens is 3. The standard InChI is InChI=1S/C24H24N4O5/c1-27-12-18(15-6-5-7-16(10-15)31-2)22-23(27)24(30)28(14-25-22)13-21(29)26-19-9-8-17(32-3)11-20(19)33-4/h5-12,14H,13H2,1-4H3,(H,26,29). The molecule has 0 saturated carbocycles. The Morgan fingerprint density at radius 3 is 2.52 bits per heavy atom. The fourth-order valence-electron chi connectivity index (χ4n) is 3.67. The van der Waals surface area contributed by atoms with Crippen LogP contribution in [0.4, 0.5) is 5.69 Å². The topological polar surface area (TPSA) is 96.6 Å². The number of aryl methyl sites for hydroxylation is 1. The Morgan fingerprint density at radius 2 is 1.79 bits per heavy atom. The highest BCUT2D eigenvalue weighted by Crippen LogP contribution is 2.30. The molecule has 0 saturated heterocycles. The van der Waals surface area contributed by atoms with Crippen molar-refractivity contribution >= 4 is 22.6 Å². The first kappa shape index (κ1) is 21.9. The van der Waals surface area contributed by atoms with Crippen LogP contribution in [0.15, 0.2) is 59.8 Å².